The molecule has 1 heterocycles. The highest BCUT2D eigenvalue weighted by atomic mass is 32.1. The fourth-order valence-electron chi connectivity index (χ4n) is 2.79. The van der Waals surface area contributed by atoms with Gasteiger partial charge >= 0.3 is 5.00 Å². The number of amides is 1. The summed E-state index contributed by atoms with van der Waals surface area (Å²) in [7, 11) is 1.76. The molecule has 0 radical (unpaired) electrons. The molecule has 21 heavy (non-hydrogen) atoms. The number of nitro groups is 1. The van der Waals surface area contributed by atoms with Gasteiger partial charge in [-0.25, -0.2) is 0 Å². The summed E-state index contributed by atoms with van der Waals surface area (Å²) >= 11 is 0.927. The molecule has 1 amide bonds. The molecule has 0 N–H and O–H groups in total. The second kappa shape index (κ2) is 5.29. The fraction of sp³-hybridized carbons (Fsp3) is 0.267. The highest BCUT2D eigenvalue weighted by molar-refractivity contribution is 7.17. The van der Waals surface area contributed by atoms with Crippen LogP contribution in [0.5, 0.6) is 0 Å². The molecule has 0 fully saturated rings. The van der Waals surface area contributed by atoms with Crippen LogP contribution in [0, 0.1) is 10.1 Å². The first-order chi connectivity index (χ1) is 10.1. The van der Waals surface area contributed by atoms with Gasteiger partial charge in [0, 0.05) is 13.1 Å². The molecule has 0 unspecified atom stereocenters. The number of rotatable bonds is 3. The monoisotopic (exact) mass is 302 g/mol. The van der Waals surface area contributed by atoms with Crippen molar-refractivity contribution in [1.29, 1.82) is 0 Å². The summed E-state index contributed by atoms with van der Waals surface area (Å²) in [5.41, 5.74) is 2.46. The number of carbonyl (C=O) groups is 1. The predicted molar refractivity (Wildman–Crippen MR) is 80.6 cm³/mol. The molecule has 0 aliphatic heterocycles. The average molecular weight is 302 g/mol. The van der Waals surface area contributed by atoms with Gasteiger partial charge in [0.15, 0.2) is 0 Å². The molecular weight excluding hydrogens is 288 g/mol. The van der Waals surface area contributed by atoms with Gasteiger partial charge in [-0.1, -0.05) is 35.6 Å². The van der Waals surface area contributed by atoms with Crippen molar-refractivity contribution in [2.24, 2.45) is 0 Å². The van der Waals surface area contributed by atoms with Crippen LogP contribution >= 0.6 is 11.3 Å². The molecule has 0 bridgehead atoms. The SMILES string of the molecule is CN(C(=O)c1ccc([N+](=O)[O-])s1)[C@H]1CCc2ccccc21. The van der Waals surface area contributed by atoms with Gasteiger partial charge in [-0.3, -0.25) is 14.9 Å². The van der Waals surface area contributed by atoms with Crippen molar-refractivity contribution in [1.82, 2.24) is 4.90 Å². The highest BCUT2D eigenvalue weighted by Crippen LogP contribution is 2.36. The summed E-state index contributed by atoms with van der Waals surface area (Å²) in [6.07, 6.45) is 1.86. The minimum Gasteiger partial charge on any atom is -0.334 e. The number of hydrogen-bond acceptors (Lipinski definition) is 4. The van der Waals surface area contributed by atoms with Crippen molar-refractivity contribution < 1.29 is 9.72 Å². The molecule has 6 heteroatoms. The maximum atomic E-state index is 12.5. The molecule has 1 aliphatic rings. The van der Waals surface area contributed by atoms with E-state index in [9.17, 15) is 14.9 Å². The normalized spacial score (nSPS) is 16.5. The van der Waals surface area contributed by atoms with Crippen molar-refractivity contribution in [2.75, 3.05) is 7.05 Å². The molecule has 1 atom stereocenters. The van der Waals surface area contributed by atoms with E-state index < -0.39 is 4.92 Å². The van der Waals surface area contributed by atoms with E-state index in [2.05, 4.69) is 6.07 Å². The van der Waals surface area contributed by atoms with E-state index in [1.807, 2.05) is 18.2 Å². The minimum atomic E-state index is -0.466. The second-order valence-electron chi connectivity index (χ2n) is 5.06. The molecular formula is C15H14N2O3S. The Morgan fingerprint density at radius 2 is 2.10 bits per heavy atom. The van der Waals surface area contributed by atoms with Gasteiger partial charge in [0.1, 0.15) is 0 Å². The van der Waals surface area contributed by atoms with Crippen LogP contribution in [0.15, 0.2) is 36.4 Å². The lowest BCUT2D eigenvalue weighted by Crippen LogP contribution is -2.29. The zero-order chi connectivity index (χ0) is 15.0. The summed E-state index contributed by atoms with van der Waals surface area (Å²) in [5.74, 6) is -0.158. The van der Waals surface area contributed by atoms with Crippen LogP contribution in [0.3, 0.4) is 0 Å². The number of thiophene rings is 1. The quantitative estimate of drug-likeness (QED) is 0.644. The third kappa shape index (κ3) is 2.42. The van der Waals surface area contributed by atoms with E-state index in [-0.39, 0.29) is 17.0 Å². The molecule has 0 saturated heterocycles. The average Bonchev–Trinajstić information content (AvgIpc) is 3.12. The number of nitrogens with zero attached hydrogens (tertiary/aromatic N) is 2. The van der Waals surface area contributed by atoms with Gasteiger partial charge in [0.2, 0.25) is 0 Å². The number of benzene rings is 1. The van der Waals surface area contributed by atoms with Crippen molar-refractivity contribution in [3.05, 3.63) is 62.5 Å². The van der Waals surface area contributed by atoms with Crippen LogP contribution in [0.1, 0.15) is 33.3 Å². The molecule has 2 aromatic rings. The van der Waals surface area contributed by atoms with Gasteiger partial charge in [0.05, 0.1) is 15.8 Å². The Bertz CT molecular complexity index is 710. The highest BCUT2D eigenvalue weighted by Gasteiger charge is 2.29. The fourth-order valence-corrected chi connectivity index (χ4v) is 3.60. The third-order valence-electron chi connectivity index (χ3n) is 3.87. The van der Waals surface area contributed by atoms with E-state index in [1.165, 1.54) is 23.3 Å². The van der Waals surface area contributed by atoms with E-state index in [0.29, 0.717) is 4.88 Å². The first-order valence-corrected chi connectivity index (χ1v) is 7.49. The Labute approximate surface area is 126 Å². The van der Waals surface area contributed by atoms with Crippen molar-refractivity contribution in [3.63, 3.8) is 0 Å². The molecule has 108 valence electrons. The van der Waals surface area contributed by atoms with Crippen molar-refractivity contribution >= 4 is 22.2 Å². The van der Waals surface area contributed by atoms with Crippen LogP contribution in [-0.2, 0) is 6.42 Å². The standard InChI is InChI=1S/C15H14N2O3S/c1-16(12-7-6-10-4-2-3-5-11(10)12)15(18)13-8-9-14(21-13)17(19)20/h2-5,8-9,12H,6-7H2,1H3/t12-/m0/s1. The van der Waals surface area contributed by atoms with Crippen LogP contribution in [0.2, 0.25) is 0 Å². The van der Waals surface area contributed by atoms with Gasteiger partial charge < -0.3 is 4.90 Å². The van der Waals surface area contributed by atoms with E-state index in [4.69, 9.17) is 0 Å². The number of carbonyl (C=O) groups excluding carboxylic acids is 1. The van der Waals surface area contributed by atoms with Gasteiger partial charge in [-0.2, -0.15) is 0 Å². The van der Waals surface area contributed by atoms with Crippen molar-refractivity contribution in [3.8, 4) is 0 Å². The third-order valence-corrected chi connectivity index (χ3v) is 4.90. The maximum Gasteiger partial charge on any atom is 0.324 e. The Morgan fingerprint density at radius 1 is 1.33 bits per heavy atom. The summed E-state index contributed by atoms with van der Waals surface area (Å²) in [6, 6.07) is 11.1. The summed E-state index contributed by atoms with van der Waals surface area (Å²) in [4.78, 5) is 24.8. The van der Waals surface area contributed by atoms with E-state index >= 15 is 0 Å². The Hall–Kier alpha value is -2.21. The summed E-state index contributed by atoms with van der Waals surface area (Å²) in [6.45, 7) is 0. The topological polar surface area (TPSA) is 63.5 Å². The predicted octanol–water partition coefficient (Wildman–Crippen LogP) is 3.42. The molecule has 1 aliphatic carbocycles. The first kappa shape index (κ1) is 13.8. The smallest absolute Gasteiger partial charge is 0.324 e. The Morgan fingerprint density at radius 3 is 2.81 bits per heavy atom. The van der Waals surface area contributed by atoms with E-state index in [1.54, 1.807) is 11.9 Å². The molecule has 3 rings (SSSR count). The number of aryl methyl sites for hydroxylation is 1. The molecule has 1 aromatic heterocycles. The zero-order valence-corrected chi connectivity index (χ0v) is 12.3. The molecule has 0 spiro atoms. The Kier molecular flexibility index (Phi) is 3.47. The van der Waals surface area contributed by atoms with Gasteiger partial charge in [0.25, 0.3) is 5.91 Å². The van der Waals surface area contributed by atoms with Crippen LogP contribution in [0.25, 0.3) is 0 Å². The van der Waals surface area contributed by atoms with E-state index in [0.717, 1.165) is 24.2 Å². The lowest BCUT2D eigenvalue weighted by molar-refractivity contribution is -0.380. The maximum absolute atomic E-state index is 12.5. The lowest BCUT2D eigenvalue weighted by Gasteiger charge is -2.24. The van der Waals surface area contributed by atoms with Gasteiger partial charge in [-0.05, 0) is 30.0 Å². The molecule has 1 aromatic carbocycles. The van der Waals surface area contributed by atoms with Crippen molar-refractivity contribution in [2.45, 2.75) is 18.9 Å². The molecule has 5 nitrogen and oxygen atoms in total. The first-order valence-electron chi connectivity index (χ1n) is 6.67. The number of hydrogen-bond donors (Lipinski definition) is 0. The largest absolute Gasteiger partial charge is 0.334 e. The van der Waals surface area contributed by atoms with Crippen LogP contribution in [0.4, 0.5) is 5.00 Å². The molecule has 0 saturated carbocycles. The van der Waals surface area contributed by atoms with Gasteiger partial charge in [-0.15, -0.1) is 0 Å². The number of fused-ring (bicyclic) bond motifs is 1. The second-order valence-corrected chi connectivity index (χ2v) is 6.13. The Balaban J connectivity index is 1.83. The van der Waals surface area contributed by atoms with Crippen LogP contribution < -0.4 is 0 Å². The van der Waals surface area contributed by atoms with Crippen LogP contribution in [-0.4, -0.2) is 22.8 Å². The zero-order valence-electron chi connectivity index (χ0n) is 11.5. The minimum absolute atomic E-state index is 0.00132. The summed E-state index contributed by atoms with van der Waals surface area (Å²) < 4.78 is 0. The summed E-state index contributed by atoms with van der Waals surface area (Å²) in [5, 5.41) is 10.7. The lowest BCUT2D eigenvalue weighted by atomic mass is 10.1.